The van der Waals surface area contributed by atoms with Crippen molar-refractivity contribution in [3.63, 3.8) is 0 Å². The molecule has 0 saturated heterocycles. The molecule has 0 bridgehead atoms. The largest absolute Gasteiger partial charge is 0.357 e. The van der Waals surface area contributed by atoms with Gasteiger partial charge in [-0.1, -0.05) is 67.8 Å². The minimum atomic E-state index is -4.09. The first kappa shape index (κ1) is 27.9. The van der Waals surface area contributed by atoms with Gasteiger partial charge in [0.25, 0.3) is 10.0 Å². The summed E-state index contributed by atoms with van der Waals surface area (Å²) in [6.45, 7) is 3.14. The molecule has 0 aliphatic rings. The van der Waals surface area contributed by atoms with Crippen LogP contribution in [0.4, 0.5) is 5.69 Å². The van der Waals surface area contributed by atoms with Gasteiger partial charge in [-0.3, -0.25) is 13.9 Å². The van der Waals surface area contributed by atoms with Crippen LogP contribution in [0.15, 0.2) is 86.6 Å². The predicted octanol–water partition coefficient (Wildman–Crippen LogP) is 4.88. The van der Waals surface area contributed by atoms with E-state index in [0.29, 0.717) is 10.2 Å². The van der Waals surface area contributed by atoms with Crippen LogP contribution >= 0.6 is 31.9 Å². The van der Waals surface area contributed by atoms with Crippen LogP contribution in [0.5, 0.6) is 0 Å². The number of nitrogens with zero attached hydrogens (tertiary/aromatic N) is 2. The molecular weight excluding hydrogens is 610 g/mol. The molecule has 2 amide bonds. The fourth-order valence-corrected chi connectivity index (χ4v) is 5.63. The van der Waals surface area contributed by atoms with Crippen LogP contribution in [0.2, 0.25) is 0 Å². The summed E-state index contributed by atoms with van der Waals surface area (Å²) in [6.07, 6.45) is 0. The molecule has 0 aromatic heterocycles. The van der Waals surface area contributed by atoms with Crippen molar-refractivity contribution in [3.05, 3.63) is 92.9 Å². The lowest BCUT2D eigenvalue weighted by Crippen LogP contribution is -2.50. The quantitative estimate of drug-likeness (QED) is 0.363. The number of hydrogen-bond acceptors (Lipinski definition) is 4. The van der Waals surface area contributed by atoms with E-state index in [2.05, 4.69) is 37.2 Å². The molecule has 3 rings (SSSR count). The van der Waals surface area contributed by atoms with Gasteiger partial charge in [0.2, 0.25) is 11.8 Å². The summed E-state index contributed by atoms with van der Waals surface area (Å²) >= 11 is 6.78. The van der Waals surface area contributed by atoms with Crippen molar-refractivity contribution in [2.24, 2.45) is 0 Å². The van der Waals surface area contributed by atoms with Crippen LogP contribution in [-0.4, -0.2) is 44.8 Å². The molecule has 36 heavy (non-hydrogen) atoms. The van der Waals surface area contributed by atoms with Crippen LogP contribution in [-0.2, 0) is 26.2 Å². The number of amides is 2. The molecular formula is C26H27Br2N3O4S. The number of carbonyl (C=O) groups excluding carboxylic acids is 2. The molecule has 0 spiro atoms. The average molecular weight is 637 g/mol. The Labute approximate surface area is 228 Å². The Morgan fingerprint density at radius 3 is 2.17 bits per heavy atom. The summed E-state index contributed by atoms with van der Waals surface area (Å²) in [5.41, 5.74) is 2.05. The second kappa shape index (κ2) is 12.0. The zero-order chi connectivity index (χ0) is 26.5. The second-order valence-corrected chi connectivity index (χ2v) is 11.9. The molecule has 3 aromatic carbocycles. The van der Waals surface area contributed by atoms with Gasteiger partial charge in [0.15, 0.2) is 0 Å². The summed E-state index contributed by atoms with van der Waals surface area (Å²) in [7, 11) is -2.59. The van der Waals surface area contributed by atoms with Gasteiger partial charge in [-0.25, -0.2) is 8.42 Å². The maximum absolute atomic E-state index is 13.7. The summed E-state index contributed by atoms with van der Waals surface area (Å²) in [4.78, 5) is 27.7. The van der Waals surface area contributed by atoms with E-state index in [4.69, 9.17) is 0 Å². The number of hydrogen-bond donors (Lipinski definition) is 1. The highest BCUT2D eigenvalue weighted by Crippen LogP contribution is 2.27. The number of carbonyl (C=O) groups is 2. The van der Waals surface area contributed by atoms with Crippen molar-refractivity contribution in [1.29, 1.82) is 0 Å². The molecule has 3 aromatic rings. The number of halogens is 2. The highest BCUT2D eigenvalue weighted by Gasteiger charge is 2.32. The third-order valence-electron chi connectivity index (χ3n) is 5.66. The van der Waals surface area contributed by atoms with E-state index in [9.17, 15) is 18.0 Å². The summed E-state index contributed by atoms with van der Waals surface area (Å²) in [6, 6.07) is 19.8. The number of aryl methyl sites for hydroxylation is 1. The SMILES string of the molecule is CNC(=O)[C@@H](C)N(Cc1ccc(Br)cc1)C(=O)CN(c1cccc(Br)c1)S(=O)(=O)c1ccc(C)cc1. The number of sulfonamides is 1. The lowest BCUT2D eigenvalue weighted by molar-refractivity contribution is -0.139. The summed E-state index contributed by atoms with van der Waals surface area (Å²) in [5.74, 6) is -0.861. The molecule has 0 unspecified atom stereocenters. The zero-order valence-corrected chi connectivity index (χ0v) is 24.1. The number of benzene rings is 3. The van der Waals surface area contributed by atoms with Crippen molar-refractivity contribution < 1.29 is 18.0 Å². The first-order valence-corrected chi connectivity index (χ1v) is 14.2. The van der Waals surface area contributed by atoms with Gasteiger partial charge in [-0.2, -0.15) is 0 Å². The standard InChI is InChI=1S/C26H27Br2N3O4S/c1-18-7-13-24(14-8-18)36(34,35)31(23-6-4-5-22(28)15-23)17-25(32)30(19(2)26(33)29-3)16-20-9-11-21(27)12-10-20/h4-15,19H,16-17H2,1-3H3,(H,29,33)/t19-/m1/s1. The predicted molar refractivity (Wildman–Crippen MR) is 148 cm³/mol. The number of rotatable bonds is 9. The number of anilines is 1. The summed E-state index contributed by atoms with van der Waals surface area (Å²) in [5, 5.41) is 2.57. The minimum absolute atomic E-state index is 0.0692. The van der Waals surface area contributed by atoms with E-state index in [-0.39, 0.29) is 17.3 Å². The Bertz CT molecular complexity index is 1330. The fourth-order valence-electron chi connectivity index (χ4n) is 3.58. The van der Waals surface area contributed by atoms with E-state index in [1.54, 1.807) is 43.3 Å². The Balaban J connectivity index is 2.02. The highest BCUT2D eigenvalue weighted by atomic mass is 79.9. The maximum Gasteiger partial charge on any atom is 0.264 e. The van der Waals surface area contributed by atoms with Crippen LogP contribution in [0, 0.1) is 6.92 Å². The molecule has 0 saturated carbocycles. The number of likely N-dealkylation sites (N-methyl/N-ethyl adjacent to an activating group) is 1. The Kier molecular flexibility index (Phi) is 9.32. The van der Waals surface area contributed by atoms with Crippen molar-refractivity contribution in [2.75, 3.05) is 17.9 Å². The Morgan fingerprint density at radius 2 is 1.58 bits per heavy atom. The lowest BCUT2D eigenvalue weighted by Gasteiger charge is -2.31. The molecule has 0 fully saturated rings. The van der Waals surface area contributed by atoms with Crippen molar-refractivity contribution >= 4 is 59.4 Å². The number of nitrogens with one attached hydrogen (secondary N) is 1. The van der Waals surface area contributed by atoms with Crippen LogP contribution < -0.4 is 9.62 Å². The first-order chi connectivity index (χ1) is 17.0. The lowest BCUT2D eigenvalue weighted by atomic mass is 10.1. The van der Waals surface area contributed by atoms with Gasteiger partial charge in [0.05, 0.1) is 10.6 Å². The van der Waals surface area contributed by atoms with Crippen molar-refractivity contribution in [1.82, 2.24) is 10.2 Å². The molecule has 0 aliphatic carbocycles. The van der Waals surface area contributed by atoms with Crippen LogP contribution in [0.1, 0.15) is 18.1 Å². The molecule has 10 heteroatoms. The van der Waals surface area contributed by atoms with E-state index < -0.39 is 28.5 Å². The van der Waals surface area contributed by atoms with Crippen LogP contribution in [0.3, 0.4) is 0 Å². The van der Waals surface area contributed by atoms with E-state index in [1.807, 2.05) is 31.2 Å². The Morgan fingerprint density at radius 1 is 0.944 bits per heavy atom. The fraction of sp³-hybridized carbons (Fsp3) is 0.231. The topological polar surface area (TPSA) is 86.8 Å². The molecule has 0 radical (unpaired) electrons. The molecule has 1 N–H and O–H groups in total. The first-order valence-electron chi connectivity index (χ1n) is 11.1. The molecule has 7 nitrogen and oxygen atoms in total. The minimum Gasteiger partial charge on any atom is -0.357 e. The smallest absolute Gasteiger partial charge is 0.264 e. The molecule has 0 aliphatic heterocycles. The normalized spacial score (nSPS) is 12.0. The van der Waals surface area contributed by atoms with E-state index in [1.165, 1.54) is 24.1 Å². The van der Waals surface area contributed by atoms with Gasteiger partial charge in [0.1, 0.15) is 12.6 Å². The van der Waals surface area contributed by atoms with Crippen molar-refractivity contribution in [3.8, 4) is 0 Å². The maximum atomic E-state index is 13.7. The third kappa shape index (κ3) is 6.74. The van der Waals surface area contributed by atoms with Crippen LogP contribution in [0.25, 0.3) is 0 Å². The second-order valence-electron chi connectivity index (χ2n) is 8.24. The van der Waals surface area contributed by atoms with Gasteiger partial charge >= 0.3 is 0 Å². The van der Waals surface area contributed by atoms with E-state index in [0.717, 1.165) is 19.9 Å². The molecule has 0 heterocycles. The third-order valence-corrected chi connectivity index (χ3v) is 8.47. The highest BCUT2D eigenvalue weighted by molar-refractivity contribution is 9.10. The molecule has 190 valence electrons. The summed E-state index contributed by atoms with van der Waals surface area (Å²) < 4.78 is 30.1. The molecule has 1 atom stereocenters. The zero-order valence-electron chi connectivity index (χ0n) is 20.1. The van der Waals surface area contributed by atoms with Gasteiger partial charge in [-0.15, -0.1) is 0 Å². The average Bonchev–Trinajstić information content (AvgIpc) is 2.86. The van der Waals surface area contributed by atoms with E-state index >= 15 is 0 Å². The van der Waals surface area contributed by atoms with Gasteiger partial charge in [-0.05, 0) is 61.9 Å². The monoisotopic (exact) mass is 635 g/mol. The van der Waals surface area contributed by atoms with Gasteiger partial charge < -0.3 is 10.2 Å². The van der Waals surface area contributed by atoms with Crippen molar-refractivity contribution in [2.45, 2.75) is 31.3 Å². The van der Waals surface area contributed by atoms with Gasteiger partial charge in [0, 0.05) is 22.5 Å². The Hall–Kier alpha value is -2.69.